The summed E-state index contributed by atoms with van der Waals surface area (Å²) in [6.07, 6.45) is 21.0. The van der Waals surface area contributed by atoms with E-state index >= 15 is 0 Å². The number of ether oxygens (including phenoxy) is 1. The third kappa shape index (κ3) is 22.0. The van der Waals surface area contributed by atoms with Crippen LogP contribution in [0, 0.1) is 5.41 Å². The van der Waals surface area contributed by atoms with Crippen LogP contribution in [-0.2, 0) is 4.74 Å². The number of hydrogen-bond acceptors (Lipinski definition) is 2. The molecule has 0 aliphatic carbocycles. The van der Waals surface area contributed by atoms with E-state index in [2.05, 4.69) is 27.7 Å². The Labute approximate surface area is 165 Å². The molecule has 1 unspecified atom stereocenters. The molecule has 1 N–H and O–H groups in total. The third-order valence-electron chi connectivity index (χ3n) is 5.18. The van der Waals surface area contributed by atoms with Crippen LogP contribution in [0.5, 0.6) is 0 Å². The summed E-state index contributed by atoms with van der Waals surface area (Å²) in [5.41, 5.74) is 0.301. The van der Waals surface area contributed by atoms with E-state index in [0.29, 0.717) is 12.0 Å². The van der Waals surface area contributed by atoms with Crippen LogP contribution in [0.25, 0.3) is 0 Å². The van der Waals surface area contributed by atoms with Gasteiger partial charge >= 0.3 is 0 Å². The summed E-state index contributed by atoms with van der Waals surface area (Å²) in [6.45, 7) is 10.3. The molecule has 2 nitrogen and oxygen atoms in total. The second-order valence-corrected chi connectivity index (χ2v) is 9.42. The first-order chi connectivity index (χ1) is 12.5. The Kier molecular flexibility index (Phi) is 18.2. The van der Waals surface area contributed by atoms with Gasteiger partial charge in [0, 0.05) is 6.61 Å². The molecule has 0 aliphatic heterocycles. The molecule has 0 aromatic rings. The molecule has 2 heteroatoms. The van der Waals surface area contributed by atoms with Crippen molar-refractivity contribution in [3.63, 3.8) is 0 Å². The summed E-state index contributed by atoms with van der Waals surface area (Å²) >= 11 is 0. The molecule has 0 amide bonds. The molecule has 26 heavy (non-hydrogen) atoms. The molecule has 0 aromatic heterocycles. The maximum absolute atomic E-state index is 9.90. The SMILES string of the molecule is CCCCCCCCCCCCCCCCOCC(O)CCC(C)(C)C. The number of aliphatic hydroxyl groups is 1. The molecular formula is C24H50O2. The van der Waals surface area contributed by atoms with Gasteiger partial charge in [-0.05, 0) is 24.7 Å². The number of aliphatic hydroxyl groups excluding tert-OH is 1. The van der Waals surface area contributed by atoms with Crippen molar-refractivity contribution in [2.45, 2.75) is 137 Å². The standard InChI is InChI=1S/C24H50O2/c1-5-6-7-8-9-10-11-12-13-14-15-16-17-18-21-26-22-23(25)19-20-24(2,3)4/h23,25H,5-22H2,1-4H3. The predicted octanol–water partition coefficient (Wildman–Crippen LogP) is 7.67. The van der Waals surface area contributed by atoms with Crippen LogP contribution in [0.15, 0.2) is 0 Å². The van der Waals surface area contributed by atoms with Crippen molar-refractivity contribution >= 4 is 0 Å². The van der Waals surface area contributed by atoms with E-state index in [1.165, 1.54) is 83.5 Å². The molecule has 0 spiro atoms. The summed E-state index contributed by atoms with van der Waals surface area (Å²) in [6, 6.07) is 0. The summed E-state index contributed by atoms with van der Waals surface area (Å²) in [5.74, 6) is 0. The zero-order valence-corrected chi connectivity index (χ0v) is 18.7. The highest BCUT2D eigenvalue weighted by Gasteiger charge is 2.13. The lowest BCUT2D eigenvalue weighted by molar-refractivity contribution is 0.0257. The Balaban J connectivity index is 3.13. The second kappa shape index (κ2) is 18.3. The fraction of sp³-hybridized carbons (Fsp3) is 1.00. The smallest absolute Gasteiger partial charge is 0.0773 e. The summed E-state index contributed by atoms with van der Waals surface area (Å²) in [7, 11) is 0. The molecule has 0 fully saturated rings. The van der Waals surface area contributed by atoms with Crippen molar-refractivity contribution in [3.05, 3.63) is 0 Å². The molecule has 0 aliphatic rings. The van der Waals surface area contributed by atoms with E-state index in [4.69, 9.17) is 4.74 Å². The lowest BCUT2D eigenvalue weighted by Gasteiger charge is -2.20. The van der Waals surface area contributed by atoms with Gasteiger partial charge < -0.3 is 9.84 Å². The van der Waals surface area contributed by atoms with Gasteiger partial charge in [0.05, 0.1) is 12.7 Å². The first-order valence-electron chi connectivity index (χ1n) is 11.7. The highest BCUT2D eigenvalue weighted by molar-refractivity contribution is 4.65. The Hall–Kier alpha value is -0.0800. The van der Waals surface area contributed by atoms with Gasteiger partial charge in [0.1, 0.15) is 0 Å². The van der Waals surface area contributed by atoms with Gasteiger partial charge in [0.2, 0.25) is 0 Å². The molecule has 0 radical (unpaired) electrons. The molecule has 0 heterocycles. The van der Waals surface area contributed by atoms with Gasteiger partial charge in [-0.15, -0.1) is 0 Å². The topological polar surface area (TPSA) is 29.5 Å². The first kappa shape index (κ1) is 25.9. The monoisotopic (exact) mass is 370 g/mol. The normalized spacial score (nSPS) is 13.3. The minimum Gasteiger partial charge on any atom is -0.391 e. The maximum Gasteiger partial charge on any atom is 0.0773 e. The van der Waals surface area contributed by atoms with Gasteiger partial charge in [-0.2, -0.15) is 0 Å². The van der Waals surface area contributed by atoms with E-state index < -0.39 is 0 Å². The molecular weight excluding hydrogens is 320 g/mol. The van der Waals surface area contributed by atoms with Crippen LogP contribution >= 0.6 is 0 Å². The first-order valence-corrected chi connectivity index (χ1v) is 11.7. The fourth-order valence-electron chi connectivity index (χ4n) is 3.30. The fourth-order valence-corrected chi connectivity index (χ4v) is 3.30. The van der Waals surface area contributed by atoms with Gasteiger partial charge in [-0.1, -0.05) is 111 Å². The van der Waals surface area contributed by atoms with Crippen LogP contribution in [0.3, 0.4) is 0 Å². The van der Waals surface area contributed by atoms with Crippen molar-refractivity contribution in [1.82, 2.24) is 0 Å². The second-order valence-electron chi connectivity index (χ2n) is 9.42. The molecule has 0 aromatic carbocycles. The summed E-state index contributed by atoms with van der Waals surface area (Å²) in [5, 5.41) is 9.90. The van der Waals surface area contributed by atoms with E-state index in [1.54, 1.807) is 0 Å². The number of hydrogen-bond donors (Lipinski definition) is 1. The molecule has 158 valence electrons. The van der Waals surface area contributed by atoms with Gasteiger partial charge in [0.25, 0.3) is 0 Å². The van der Waals surface area contributed by atoms with Crippen molar-refractivity contribution in [2.24, 2.45) is 5.41 Å². The van der Waals surface area contributed by atoms with Crippen molar-refractivity contribution in [2.75, 3.05) is 13.2 Å². The molecule has 1 atom stereocenters. The van der Waals surface area contributed by atoms with Crippen LogP contribution < -0.4 is 0 Å². The van der Waals surface area contributed by atoms with E-state index in [9.17, 15) is 5.11 Å². The highest BCUT2D eigenvalue weighted by atomic mass is 16.5. The van der Waals surface area contributed by atoms with Crippen molar-refractivity contribution in [1.29, 1.82) is 0 Å². The lowest BCUT2D eigenvalue weighted by Crippen LogP contribution is -2.18. The third-order valence-corrected chi connectivity index (χ3v) is 5.18. The zero-order chi connectivity index (χ0) is 19.5. The lowest BCUT2D eigenvalue weighted by atomic mass is 9.89. The van der Waals surface area contributed by atoms with Crippen LogP contribution in [0.4, 0.5) is 0 Å². The van der Waals surface area contributed by atoms with Crippen molar-refractivity contribution < 1.29 is 9.84 Å². The number of unbranched alkanes of at least 4 members (excludes halogenated alkanes) is 13. The van der Waals surface area contributed by atoms with Crippen LogP contribution in [0.2, 0.25) is 0 Å². The Bertz CT molecular complexity index is 270. The quantitative estimate of drug-likeness (QED) is 0.236. The van der Waals surface area contributed by atoms with E-state index in [0.717, 1.165) is 25.9 Å². The molecule has 0 rings (SSSR count). The minimum atomic E-state index is -0.291. The Morgan fingerprint density at radius 1 is 0.692 bits per heavy atom. The molecule has 0 saturated heterocycles. The summed E-state index contributed by atoms with van der Waals surface area (Å²) in [4.78, 5) is 0. The van der Waals surface area contributed by atoms with E-state index in [1.807, 2.05) is 0 Å². The van der Waals surface area contributed by atoms with Gasteiger partial charge in [-0.3, -0.25) is 0 Å². The molecule has 0 saturated carbocycles. The Morgan fingerprint density at radius 2 is 1.12 bits per heavy atom. The van der Waals surface area contributed by atoms with Gasteiger partial charge in [0.15, 0.2) is 0 Å². The highest BCUT2D eigenvalue weighted by Crippen LogP contribution is 2.21. The zero-order valence-electron chi connectivity index (χ0n) is 18.7. The summed E-state index contributed by atoms with van der Waals surface area (Å²) < 4.78 is 5.62. The van der Waals surface area contributed by atoms with Crippen LogP contribution in [0.1, 0.15) is 130 Å². The largest absolute Gasteiger partial charge is 0.391 e. The Morgan fingerprint density at radius 3 is 1.54 bits per heavy atom. The minimum absolute atomic E-state index is 0.291. The predicted molar refractivity (Wildman–Crippen MR) is 116 cm³/mol. The van der Waals surface area contributed by atoms with E-state index in [-0.39, 0.29) is 6.10 Å². The molecule has 0 bridgehead atoms. The number of rotatable bonds is 19. The average Bonchev–Trinajstić information content (AvgIpc) is 2.59. The maximum atomic E-state index is 9.90. The van der Waals surface area contributed by atoms with Crippen LogP contribution in [-0.4, -0.2) is 24.4 Å². The average molecular weight is 371 g/mol. The van der Waals surface area contributed by atoms with Crippen molar-refractivity contribution in [3.8, 4) is 0 Å². The van der Waals surface area contributed by atoms with Gasteiger partial charge in [-0.25, -0.2) is 0 Å².